The molecule has 0 aromatic carbocycles. The van der Waals surface area contributed by atoms with Gasteiger partial charge in [-0.3, -0.25) is 4.57 Å². The van der Waals surface area contributed by atoms with Crippen LogP contribution < -0.4 is 5.32 Å². The quantitative estimate of drug-likeness (QED) is 0.548. The van der Waals surface area contributed by atoms with Crippen molar-refractivity contribution >= 4 is 36.5 Å². The van der Waals surface area contributed by atoms with Gasteiger partial charge in [0.2, 0.25) is 0 Å². The van der Waals surface area contributed by atoms with Gasteiger partial charge in [-0.25, -0.2) is 19.3 Å². The van der Waals surface area contributed by atoms with E-state index >= 15 is 0 Å². The monoisotopic (exact) mass is 390 g/mol. The summed E-state index contributed by atoms with van der Waals surface area (Å²) in [6.07, 6.45) is -1.64. The van der Waals surface area contributed by atoms with E-state index in [0.29, 0.717) is 23.5 Å². The zero-order valence-corrected chi connectivity index (χ0v) is 15.4. The van der Waals surface area contributed by atoms with E-state index in [9.17, 15) is 8.96 Å². The molecule has 5 atom stereocenters. The molecule has 12 heteroatoms. The molecule has 0 amide bonds. The van der Waals surface area contributed by atoms with Gasteiger partial charge >= 0.3 is 7.23 Å². The van der Waals surface area contributed by atoms with Gasteiger partial charge in [-0.05, 0) is 11.5 Å². The Kier molecular flexibility index (Phi) is 5.80. The summed E-state index contributed by atoms with van der Waals surface area (Å²) in [5, 5.41) is 3.07. The molecule has 25 heavy (non-hydrogen) atoms. The van der Waals surface area contributed by atoms with Gasteiger partial charge in [0.05, 0.1) is 12.9 Å². The number of alkyl halides is 1. The average Bonchev–Trinajstić information content (AvgIpc) is 3.12. The molecule has 0 aliphatic carbocycles. The highest BCUT2D eigenvalue weighted by Crippen LogP contribution is 2.41. The van der Waals surface area contributed by atoms with E-state index in [0.717, 1.165) is 0 Å². The Hall–Kier alpha value is -1.39. The van der Waals surface area contributed by atoms with Crippen LogP contribution >= 0.6 is 19.5 Å². The molecule has 2 aromatic rings. The molecule has 2 aromatic heterocycles. The number of aromatic nitrogens is 4. The summed E-state index contributed by atoms with van der Waals surface area (Å²) in [6.45, 7) is 2.67. The Labute approximate surface area is 149 Å². The zero-order valence-electron chi connectivity index (χ0n) is 13.6. The smallest absolute Gasteiger partial charge is 0.382 e. The number of nitrogens with zero attached hydrogens (tertiary/aromatic N) is 4. The normalized spacial score (nSPS) is 27.0. The molecule has 1 aliphatic heterocycles. The second-order valence-electron chi connectivity index (χ2n) is 5.35. The first-order valence-corrected chi connectivity index (χ1v) is 9.92. The molecule has 3 heterocycles. The summed E-state index contributed by atoms with van der Waals surface area (Å²) in [5.74, 6) is 0.555. The average molecular weight is 390 g/mol. The number of hydrogen-bond donors (Lipinski definition) is 2. The molecule has 1 N–H and O–H groups in total. The van der Waals surface area contributed by atoms with Gasteiger partial charge in [0.15, 0.2) is 35.5 Å². The zero-order chi connectivity index (χ0) is 18.0. The molecule has 0 saturated carbocycles. The lowest BCUT2D eigenvalue weighted by atomic mass is 10.1. The second kappa shape index (κ2) is 7.88. The third kappa shape index (κ3) is 3.61. The van der Waals surface area contributed by atoms with E-state index in [4.69, 9.17) is 14.0 Å². The number of anilines is 1. The number of halogens is 1. The van der Waals surface area contributed by atoms with Crippen molar-refractivity contribution in [3.8, 4) is 0 Å². The van der Waals surface area contributed by atoms with Gasteiger partial charge in [0.1, 0.15) is 24.7 Å². The van der Waals surface area contributed by atoms with Crippen LogP contribution in [0.4, 0.5) is 10.2 Å². The Bertz CT molecular complexity index is 765. The first-order valence-electron chi connectivity index (χ1n) is 7.59. The van der Waals surface area contributed by atoms with Crippen molar-refractivity contribution < 1.29 is 23.0 Å². The van der Waals surface area contributed by atoms with Crippen LogP contribution in [-0.4, -0.2) is 58.2 Å². The third-order valence-electron chi connectivity index (χ3n) is 3.79. The highest BCUT2D eigenvalue weighted by Gasteiger charge is 2.51. The largest absolute Gasteiger partial charge is 0.582 e. The number of imidazole rings is 1. The van der Waals surface area contributed by atoms with Crippen molar-refractivity contribution in [2.75, 3.05) is 25.6 Å². The summed E-state index contributed by atoms with van der Waals surface area (Å²) in [5.41, 5.74) is 0.929. The number of methoxy groups -OCH3 is 1. The molecular weight excluding hydrogens is 372 g/mol. The fourth-order valence-corrected chi connectivity index (χ4v) is 3.57. The van der Waals surface area contributed by atoms with E-state index in [1.54, 1.807) is 0 Å². The number of ether oxygens (including phenoxy) is 2. The summed E-state index contributed by atoms with van der Waals surface area (Å²) in [6, 6.07) is 0. The van der Waals surface area contributed by atoms with Crippen LogP contribution in [0.25, 0.3) is 11.2 Å². The second-order valence-corrected chi connectivity index (χ2v) is 7.02. The highest BCUT2D eigenvalue weighted by molar-refractivity contribution is 8.39. The summed E-state index contributed by atoms with van der Waals surface area (Å²) >= 11 is 3.70. The van der Waals surface area contributed by atoms with E-state index in [-0.39, 0.29) is 6.61 Å². The van der Waals surface area contributed by atoms with E-state index in [1.165, 1.54) is 24.3 Å². The van der Waals surface area contributed by atoms with Crippen LogP contribution in [0.3, 0.4) is 0 Å². The predicted molar refractivity (Wildman–Crippen MR) is 91.6 cm³/mol. The summed E-state index contributed by atoms with van der Waals surface area (Å²) in [7, 11) is -0.826. The first-order chi connectivity index (χ1) is 12.1. The molecule has 3 rings (SSSR count). The molecule has 1 fully saturated rings. The Morgan fingerprint density at radius 2 is 2.28 bits per heavy atom. The Balaban J connectivity index is 1.94. The number of thiol groups is 1. The van der Waals surface area contributed by atoms with Crippen LogP contribution in [0.5, 0.6) is 0 Å². The van der Waals surface area contributed by atoms with E-state index in [1.807, 2.05) is 6.92 Å². The van der Waals surface area contributed by atoms with Crippen LogP contribution in [-0.2, 0) is 18.6 Å². The lowest BCUT2D eigenvalue weighted by Gasteiger charge is -2.15. The number of rotatable bonds is 7. The topological polar surface area (TPSA) is 100 Å². The van der Waals surface area contributed by atoms with Crippen LogP contribution in [0.15, 0.2) is 12.7 Å². The predicted octanol–water partition coefficient (Wildman–Crippen LogP) is 2.11. The molecule has 1 aliphatic rings. The van der Waals surface area contributed by atoms with E-state index in [2.05, 4.69) is 32.5 Å². The molecule has 136 valence electrons. The molecular formula is C13H18FN5O4PS+. The number of hydrogen-bond acceptors (Lipinski definition) is 8. The molecule has 1 saturated heterocycles. The van der Waals surface area contributed by atoms with Crippen LogP contribution in [0.1, 0.15) is 13.2 Å². The maximum Gasteiger partial charge on any atom is 0.582 e. The minimum Gasteiger partial charge on any atom is -0.382 e. The maximum atomic E-state index is 15.0. The van der Waals surface area contributed by atoms with Crippen LogP contribution in [0.2, 0.25) is 0 Å². The molecule has 0 spiro atoms. The third-order valence-corrected chi connectivity index (χ3v) is 4.49. The van der Waals surface area contributed by atoms with Crippen molar-refractivity contribution in [3.63, 3.8) is 0 Å². The highest BCUT2D eigenvalue weighted by atomic mass is 32.7. The molecule has 0 bridgehead atoms. The summed E-state index contributed by atoms with van der Waals surface area (Å²) in [4.78, 5) is 12.6. The van der Waals surface area contributed by atoms with Crippen molar-refractivity contribution in [1.82, 2.24) is 19.5 Å². The van der Waals surface area contributed by atoms with E-state index < -0.39 is 31.8 Å². The van der Waals surface area contributed by atoms with Gasteiger partial charge in [-0.15, -0.1) is 4.52 Å². The lowest BCUT2D eigenvalue weighted by molar-refractivity contribution is -0.0510. The minimum atomic E-state index is -2.29. The fraction of sp³-hybridized carbons (Fsp3) is 0.615. The summed E-state index contributed by atoms with van der Waals surface area (Å²) < 4.78 is 43.6. The Morgan fingerprint density at radius 3 is 2.96 bits per heavy atom. The lowest BCUT2D eigenvalue weighted by Crippen LogP contribution is -2.32. The van der Waals surface area contributed by atoms with Gasteiger partial charge in [-0.2, -0.15) is 0 Å². The van der Waals surface area contributed by atoms with Crippen molar-refractivity contribution in [1.29, 1.82) is 0 Å². The Morgan fingerprint density at radius 1 is 1.48 bits per heavy atom. The molecule has 0 radical (unpaired) electrons. The molecule has 9 nitrogen and oxygen atoms in total. The fourth-order valence-electron chi connectivity index (χ4n) is 2.78. The van der Waals surface area contributed by atoms with Crippen molar-refractivity contribution in [2.45, 2.75) is 31.5 Å². The maximum absolute atomic E-state index is 15.0. The SMILES string of the molecule is CCNc1ncnc2c1ncn2[C@@H]1O[C@H](COC)[C@@H](O[P+](=O)S)[C@H]1F. The van der Waals surface area contributed by atoms with Crippen LogP contribution in [0, 0.1) is 0 Å². The van der Waals surface area contributed by atoms with Gasteiger partial charge in [-0.1, -0.05) is 0 Å². The number of nitrogens with one attached hydrogen (secondary N) is 1. The van der Waals surface area contributed by atoms with Gasteiger partial charge in [0.25, 0.3) is 0 Å². The number of fused-ring (bicyclic) bond motifs is 1. The van der Waals surface area contributed by atoms with Gasteiger partial charge in [0, 0.05) is 13.7 Å². The molecule has 1 unspecified atom stereocenters. The first kappa shape index (κ1) is 18.4. The standard InChI is InChI=1S/C13H17FN5O4PS/c1-3-15-11-9-12(17-5-16-11)19(6-18-9)13-8(14)10(23-24(20)25)7(22-13)4-21-2/h5-8,10,13H,3-4H2,1-2H3,(H-,15,16,17,20,25)/p+1/t7-,8-,10-,13-/m1/s1. The van der Waals surface area contributed by atoms with Gasteiger partial charge < -0.3 is 14.8 Å². The van der Waals surface area contributed by atoms with Crippen molar-refractivity contribution in [3.05, 3.63) is 12.7 Å². The van der Waals surface area contributed by atoms with Crippen molar-refractivity contribution in [2.24, 2.45) is 0 Å². The minimum absolute atomic E-state index is 0.0861.